The predicted octanol–water partition coefficient (Wildman–Crippen LogP) is 10.9. The summed E-state index contributed by atoms with van der Waals surface area (Å²) in [6.07, 6.45) is 14.9. The van der Waals surface area contributed by atoms with E-state index >= 15 is 0 Å². The van der Waals surface area contributed by atoms with Crippen LogP contribution in [0.2, 0.25) is 0 Å². The third-order valence-electron chi connectivity index (χ3n) is 9.40. The molecule has 3 aliphatic carbocycles. The first kappa shape index (κ1) is 25.6. The van der Waals surface area contributed by atoms with Crippen molar-refractivity contribution >= 4 is 22.4 Å². The molecule has 1 nitrogen and oxygen atoms in total. The van der Waals surface area contributed by atoms with Crippen LogP contribution in [0.3, 0.4) is 0 Å². The van der Waals surface area contributed by atoms with Crippen LogP contribution in [0.4, 0.5) is 0 Å². The summed E-state index contributed by atoms with van der Waals surface area (Å²) < 4.78 is 0. The molecule has 5 aromatic carbocycles. The lowest BCUT2D eigenvalue weighted by molar-refractivity contribution is 0.476. The second-order valence-electron chi connectivity index (χ2n) is 11.8. The van der Waals surface area contributed by atoms with Gasteiger partial charge in [-0.1, -0.05) is 97.1 Å². The van der Waals surface area contributed by atoms with Crippen LogP contribution in [0.25, 0.3) is 44.7 Å². The molecular weight excluding hydrogens is 520 g/mol. The maximum atomic E-state index is 10.8. The number of hydrogen-bond acceptors (Lipinski definition) is 1. The molecule has 8 rings (SSSR count). The summed E-state index contributed by atoms with van der Waals surface area (Å²) in [5.41, 5.74) is 14.1. The van der Waals surface area contributed by atoms with Crippen LogP contribution in [-0.2, 0) is 0 Å². The Morgan fingerprint density at radius 2 is 1.49 bits per heavy atom. The van der Waals surface area contributed by atoms with Crippen molar-refractivity contribution in [1.29, 1.82) is 0 Å². The molecule has 0 bridgehead atoms. The molecule has 3 aliphatic rings. The number of allylic oxidation sites excluding steroid dienone is 7. The molecule has 1 unspecified atom stereocenters. The van der Waals surface area contributed by atoms with E-state index in [9.17, 15) is 5.11 Å². The summed E-state index contributed by atoms with van der Waals surface area (Å²) in [6, 6.07) is 40.5. The van der Waals surface area contributed by atoms with Gasteiger partial charge in [-0.05, 0) is 135 Å². The molecule has 0 radical (unpaired) electrons. The first-order valence-corrected chi connectivity index (χ1v) is 15.4. The average Bonchev–Trinajstić information content (AvgIpc) is 3.08. The molecule has 0 fully saturated rings. The highest BCUT2D eigenvalue weighted by atomic mass is 16.3. The zero-order valence-electron chi connectivity index (χ0n) is 24.1. The fourth-order valence-corrected chi connectivity index (χ4v) is 7.42. The van der Waals surface area contributed by atoms with Gasteiger partial charge in [-0.25, -0.2) is 0 Å². The summed E-state index contributed by atoms with van der Waals surface area (Å²) in [6.45, 7) is 0. The molecule has 0 aliphatic heterocycles. The Bertz CT molecular complexity index is 1990. The normalized spacial score (nSPS) is 17.5. The molecule has 206 valence electrons. The Hall–Kier alpha value is -5.06. The van der Waals surface area contributed by atoms with Gasteiger partial charge in [0.05, 0.1) is 0 Å². The molecule has 0 aromatic heterocycles. The topological polar surface area (TPSA) is 20.2 Å². The SMILES string of the molecule is Oc1ccc2c(-c3c#cccc3-c3ccccc3)cc3c(c2c1)C=C(C1=C(c2ccccc2)CCCC1)C1=CC=CCC13. The van der Waals surface area contributed by atoms with Gasteiger partial charge in [-0.2, -0.15) is 0 Å². The Morgan fingerprint density at radius 3 is 2.30 bits per heavy atom. The lowest BCUT2D eigenvalue weighted by Gasteiger charge is -2.34. The van der Waals surface area contributed by atoms with Gasteiger partial charge in [0, 0.05) is 11.5 Å². The van der Waals surface area contributed by atoms with E-state index in [-0.39, 0.29) is 5.92 Å². The van der Waals surface area contributed by atoms with Crippen LogP contribution < -0.4 is 0 Å². The number of aromatic hydroxyl groups is 1. The molecule has 5 aromatic rings. The molecule has 0 heterocycles. The van der Waals surface area contributed by atoms with Gasteiger partial charge in [0.2, 0.25) is 0 Å². The summed E-state index contributed by atoms with van der Waals surface area (Å²) in [5.74, 6) is 0.547. The number of phenols is 1. The van der Waals surface area contributed by atoms with Crippen molar-refractivity contribution in [3.63, 3.8) is 0 Å². The van der Waals surface area contributed by atoms with Gasteiger partial charge >= 0.3 is 0 Å². The zero-order chi connectivity index (χ0) is 28.8. The smallest absolute Gasteiger partial charge is 0.116 e. The van der Waals surface area contributed by atoms with Crippen LogP contribution in [0.5, 0.6) is 5.75 Å². The van der Waals surface area contributed by atoms with Gasteiger partial charge in [-0.15, -0.1) is 0 Å². The van der Waals surface area contributed by atoms with E-state index in [4.69, 9.17) is 0 Å². The van der Waals surface area contributed by atoms with Gasteiger partial charge in [-0.3, -0.25) is 0 Å². The van der Waals surface area contributed by atoms with E-state index in [1.54, 1.807) is 0 Å². The minimum atomic E-state index is 0.254. The monoisotopic (exact) mass is 552 g/mol. The van der Waals surface area contributed by atoms with E-state index in [0.717, 1.165) is 52.3 Å². The van der Waals surface area contributed by atoms with Crippen molar-refractivity contribution < 1.29 is 5.11 Å². The Labute approximate surface area is 253 Å². The molecule has 1 N–H and O–H groups in total. The second-order valence-corrected chi connectivity index (χ2v) is 11.8. The van der Waals surface area contributed by atoms with Crippen LogP contribution in [0.15, 0.2) is 132 Å². The van der Waals surface area contributed by atoms with Crippen molar-refractivity contribution in [3.8, 4) is 28.0 Å². The number of phenolic OH excluding ortho intramolecular Hbond substituents is 1. The first-order valence-electron chi connectivity index (χ1n) is 15.4. The second kappa shape index (κ2) is 10.6. The van der Waals surface area contributed by atoms with Gasteiger partial charge < -0.3 is 5.11 Å². The first-order chi connectivity index (χ1) is 21.3. The third kappa shape index (κ3) is 4.43. The molecule has 1 heteroatoms. The fraction of sp³-hybridized carbons (Fsp3) is 0.143. The van der Waals surface area contributed by atoms with Crippen LogP contribution in [0.1, 0.15) is 54.7 Å². The summed E-state index contributed by atoms with van der Waals surface area (Å²) >= 11 is 0. The molecular formula is C42H32O. The lowest BCUT2D eigenvalue weighted by atomic mass is 9.69. The average molecular weight is 553 g/mol. The minimum absolute atomic E-state index is 0.254. The summed E-state index contributed by atoms with van der Waals surface area (Å²) in [5, 5.41) is 13.0. The maximum absolute atomic E-state index is 10.8. The van der Waals surface area contributed by atoms with E-state index in [0.29, 0.717) is 5.75 Å². The molecule has 1 atom stereocenters. The summed E-state index contributed by atoms with van der Waals surface area (Å²) in [7, 11) is 0. The van der Waals surface area contributed by atoms with E-state index in [2.05, 4.69) is 115 Å². The maximum Gasteiger partial charge on any atom is 0.116 e. The van der Waals surface area contributed by atoms with Crippen molar-refractivity contribution in [3.05, 3.63) is 161 Å². The highest BCUT2D eigenvalue weighted by Crippen LogP contribution is 2.51. The molecule has 0 amide bonds. The molecule has 0 spiro atoms. The highest BCUT2D eigenvalue weighted by molar-refractivity contribution is 6.06. The molecule has 0 saturated carbocycles. The predicted molar refractivity (Wildman–Crippen MR) is 179 cm³/mol. The quantitative estimate of drug-likeness (QED) is 0.235. The third-order valence-corrected chi connectivity index (χ3v) is 9.40. The fourth-order valence-electron chi connectivity index (χ4n) is 7.42. The van der Waals surface area contributed by atoms with Crippen molar-refractivity contribution in [2.24, 2.45) is 0 Å². The van der Waals surface area contributed by atoms with Crippen molar-refractivity contribution in [2.45, 2.75) is 38.0 Å². The number of rotatable bonds is 4. The summed E-state index contributed by atoms with van der Waals surface area (Å²) in [4.78, 5) is 0. The van der Waals surface area contributed by atoms with Crippen LogP contribution >= 0.6 is 0 Å². The Morgan fingerprint density at radius 1 is 0.721 bits per heavy atom. The van der Waals surface area contributed by atoms with Crippen LogP contribution in [0, 0.1) is 12.1 Å². The van der Waals surface area contributed by atoms with E-state index < -0.39 is 0 Å². The van der Waals surface area contributed by atoms with Crippen molar-refractivity contribution in [2.75, 3.05) is 0 Å². The number of benzene rings is 4. The van der Waals surface area contributed by atoms with E-state index in [1.165, 1.54) is 51.8 Å². The number of hydrogen-bond donors (Lipinski definition) is 1. The Balaban J connectivity index is 1.41. The van der Waals surface area contributed by atoms with Gasteiger partial charge in [0.25, 0.3) is 0 Å². The van der Waals surface area contributed by atoms with Gasteiger partial charge in [0.1, 0.15) is 5.75 Å². The van der Waals surface area contributed by atoms with Crippen LogP contribution in [-0.4, -0.2) is 5.11 Å². The Kier molecular flexibility index (Phi) is 6.35. The lowest BCUT2D eigenvalue weighted by Crippen LogP contribution is -2.16. The van der Waals surface area contributed by atoms with E-state index in [1.807, 2.05) is 18.2 Å². The number of fused-ring (bicyclic) bond motifs is 5. The largest absolute Gasteiger partial charge is 0.508 e. The minimum Gasteiger partial charge on any atom is -0.508 e. The molecule has 0 saturated heterocycles. The standard InChI is InChI=1S/C42H32O/c43-30-23-24-37-38(25-30)42-27-39(33-19-9-7-17-31(33)28-13-3-1-4-14-28)35-21-11-12-22-36(35)41(42)26-40(37)34-20-10-8-18-32(34)29-15-5-2-6-16-29/h1-6,8,11-16,18,21,23-27,36,43H,7,9,17,19,22H2. The van der Waals surface area contributed by atoms with Crippen molar-refractivity contribution in [1.82, 2.24) is 0 Å². The zero-order valence-corrected chi connectivity index (χ0v) is 24.1. The highest BCUT2D eigenvalue weighted by Gasteiger charge is 2.32. The molecule has 43 heavy (non-hydrogen) atoms. The van der Waals surface area contributed by atoms with Gasteiger partial charge in [0.15, 0.2) is 0 Å².